The average molecular weight is 604 g/mol. The number of aromatic carboxylic acids is 1. The number of amides is 1. The molecule has 7 nitrogen and oxygen atoms in total. The Balaban J connectivity index is 1.32. The SMILES string of the molecule is CC1(C)OB(C(=Cc2ccc(C(=O)O)cc2Br)CNC(=O)OCC2c3ccccc3-c3ccccc32)OC1(C)C. The fraction of sp³-hybridized carbons (Fsp3) is 0.290. The van der Waals surface area contributed by atoms with Gasteiger partial charge in [0.15, 0.2) is 0 Å². The first-order chi connectivity index (χ1) is 19.0. The van der Waals surface area contributed by atoms with Crippen LogP contribution in [0.2, 0.25) is 0 Å². The van der Waals surface area contributed by atoms with Crippen LogP contribution in [-0.4, -0.2) is 48.6 Å². The number of fused-ring (bicyclic) bond motifs is 3. The van der Waals surface area contributed by atoms with Crippen molar-refractivity contribution in [2.75, 3.05) is 13.2 Å². The summed E-state index contributed by atoms with van der Waals surface area (Å²) in [6, 6.07) is 21.1. The highest BCUT2D eigenvalue weighted by Gasteiger charge is 2.52. The van der Waals surface area contributed by atoms with Gasteiger partial charge in [0, 0.05) is 16.9 Å². The number of rotatable bonds is 7. The molecule has 40 heavy (non-hydrogen) atoms. The third kappa shape index (κ3) is 5.46. The minimum absolute atomic E-state index is 0.0417. The van der Waals surface area contributed by atoms with Gasteiger partial charge in [0.25, 0.3) is 0 Å². The molecular weight excluding hydrogens is 573 g/mol. The van der Waals surface area contributed by atoms with Crippen LogP contribution in [0.5, 0.6) is 0 Å². The quantitative estimate of drug-likeness (QED) is 0.292. The van der Waals surface area contributed by atoms with Gasteiger partial charge in [-0.25, -0.2) is 9.59 Å². The van der Waals surface area contributed by atoms with Crippen LogP contribution in [0.15, 0.2) is 76.7 Å². The van der Waals surface area contributed by atoms with Crippen LogP contribution in [0.1, 0.15) is 60.7 Å². The zero-order chi connectivity index (χ0) is 28.7. The number of hydrogen-bond donors (Lipinski definition) is 2. The normalized spacial score (nSPS) is 17.3. The molecular formula is C31H31BBrNO6. The molecule has 2 N–H and O–H groups in total. The van der Waals surface area contributed by atoms with E-state index < -0.39 is 30.4 Å². The molecule has 9 heteroatoms. The fourth-order valence-electron chi connectivity index (χ4n) is 5.00. The first-order valence-electron chi connectivity index (χ1n) is 13.1. The smallest absolute Gasteiger partial charge is 0.478 e. The summed E-state index contributed by atoms with van der Waals surface area (Å²) in [5, 5.41) is 12.2. The van der Waals surface area contributed by atoms with Crippen LogP contribution in [-0.2, 0) is 14.0 Å². The van der Waals surface area contributed by atoms with Crippen LogP contribution in [0, 0.1) is 0 Å². The van der Waals surface area contributed by atoms with E-state index in [2.05, 4.69) is 45.5 Å². The summed E-state index contributed by atoms with van der Waals surface area (Å²) < 4.78 is 18.8. The molecule has 0 atom stereocenters. The molecule has 0 radical (unpaired) electrons. The summed E-state index contributed by atoms with van der Waals surface area (Å²) >= 11 is 3.46. The Bertz CT molecular complexity index is 1440. The molecule has 206 valence electrons. The lowest BCUT2D eigenvalue weighted by Crippen LogP contribution is -2.41. The van der Waals surface area contributed by atoms with Crippen molar-refractivity contribution < 1.29 is 28.7 Å². The van der Waals surface area contributed by atoms with E-state index in [-0.39, 0.29) is 24.6 Å². The van der Waals surface area contributed by atoms with Crippen LogP contribution >= 0.6 is 15.9 Å². The van der Waals surface area contributed by atoms with E-state index in [1.54, 1.807) is 6.07 Å². The lowest BCUT2D eigenvalue weighted by molar-refractivity contribution is 0.00578. The van der Waals surface area contributed by atoms with Crippen LogP contribution in [0.3, 0.4) is 0 Å². The molecule has 1 aliphatic carbocycles. The lowest BCUT2D eigenvalue weighted by Gasteiger charge is -2.32. The second-order valence-corrected chi connectivity index (χ2v) is 11.9. The second-order valence-electron chi connectivity index (χ2n) is 11.0. The maximum Gasteiger partial charge on any atom is 0.492 e. The van der Waals surface area contributed by atoms with Crippen molar-refractivity contribution in [1.29, 1.82) is 0 Å². The predicted molar refractivity (Wildman–Crippen MR) is 158 cm³/mol. The van der Waals surface area contributed by atoms with E-state index in [1.807, 2.05) is 58.0 Å². The third-order valence-electron chi connectivity index (χ3n) is 7.92. The number of carboxylic acid groups (broad SMARTS) is 1. The van der Waals surface area contributed by atoms with E-state index in [4.69, 9.17) is 14.0 Å². The number of carbonyl (C=O) groups excluding carboxylic acids is 1. The van der Waals surface area contributed by atoms with Crippen molar-refractivity contribution in [3.05, 3.63) is 98.9 Å². The zero-order valence-electron chi connectivity index (χ0n) is 22.9. The number of hydrogen-bond acceptors (Lipinski definition) is 5. The summed E-state index contributed by atoms with van der Waals surface area (Å²) in [4.78, 5) is 24.3. The highest BCUT2D eigenvalue weighted by molar-refractivity contribution is 9.10. The topological polar surface area (TPSA) is 94.1 Å². The summed E-state index contributed by atoms with van der Waals surface area (Å²) in [7, 11) is -0.718. The number of benzene rings is 3. The molecule has 0 spiro atoms. The Morgan fingerprint density at radius 3 is 2.10 bits per heavy atom. The Morgan fingerprint density at radius 1 is 0.975 bits per heavy atom. The van der Waals surface area contributed by atoms with E-state index in [9.17, 15) is 14.7 Å². The minimum atomic E-state index is -1.01. The number of carbonyl (C=O) groups is 2. The summed E-state index contributed by atoms with van der Waals surface area (Å²) in [5.41, 5.74) is 5.01. The first-order valence-corrected chi connectivity index (χ1v) is 13.9. The minimum Gasteiger partial charge on any atom is -0.478 e. The van der Waals surface area contributed by atoms with Gasteiger partial charge in [-0.3, -0.25) is 0 Å². The molecule has 0 unspecified atom stereocenters. The molecule has 5 rings (SSSR count). The maximum absolute atomic E-state index is 12.9. The van der Waals surface area contributed by atoms with E-state index in [0.717, 1.165) is 27.8 Å². The molecule has 1 fully saturated rings. The van der Waals surface area contributed by atoms with E-state index in [1.165, 1.54) is 12.1 Å². The van der Waals surface area contributed by atoms with Gasteiger partial charge in [0.1, 0.15) is 6.61 Å². The number of carboxylic acids is 1. The molecule has 1 saturated heterocycles. The highest BCUT2D eigenvalue weighted by Crippen LogP contribution is 2.44. The van der Waals surface area contributed by atoms with Crippen molar-refractivity contribution in [3.8, 4) is 11.1 Å². The molecule has 0 bridgehead atoms. The number of halogens is 1. The highest BCUT2D eigenvalue weighted by atomic mass is 79.9. The second kappa shape index (κ2) is 10.9. The number of nitrogens with one attached hydrogen (secondary N) is 1. The molecule has 1 aliphatic heterocycles. The molecule has 1 amide bonds. The lowest BCUT2D eigenvalue weighted by atomic mass is 9.77. The standard InChI is InChI=1S/C31H31BBrNO6/c1-30(2)31(3,4)40-32(39-30)21(15-19-13-14-20(28(35)36)16-27(19)33)17-34-29(37)38-18-26-24-11-7-5-9-22(24)23-10-6-8-12-25(23)26/h5-16,26H,17-18H2,1-4H3,(H,34,37)(H,35,36). The van der Waals surface area contributed by atoms with Crippen LogP contribution in [0.25, 0.3) is 17.2 Å². The van der Waals surface area contributed by atoms with Gasteiger partial charge in [0.05, 0.1) is 16.8 Å². The Morgan fingerprint density at radius 2 is 1.55 bits per heavy atom. The van der Waals surface area contributed by atoms with E-state index in [0.29, 0.717) is 9.95 Å². The van der Waals surface area contributed by atoms with Crippen LogP contribution < -0.4 is 5.32 Å². The van der Waals surface area contributed by atoms with Gasteiger partial charge >= 0.3 is 19.2 Å². The first kappa shape index (κ1) is 28.1. The molecule has 2 aliphatic rings. The van der Waals surface area contributed by atoms with Gasteiger partial charge in [-0.1, -0.05) is 76.6 Å². The summed E-state index contributed by atoms with van der Waals surface area (Å²) in [6.07, 6.45) is 1.28. The van der Waals surface area contributed by atoms with Crippen molar-refractivity contribution in [2.45, 2.75) is 44.8 Å². The molecule has 1 heterocycles. The van der Waals surface area contributed by atoms with Crippen molar-refractivity contribution in [2.24, 2.45) is 0 Å². The number of alkyl carbamates (subject to hydrolysis) is 1. The summed E-state index contributed by atoms with van der Waals surface area (Å²) in [5.74, 6) is -1.06. The fourth-order valence-corrected chi connectivity index (χ4v) is 5.49. The van der Waals surface area contributed by atoms with Gasteiger partial charge in [-0.2, -0.15) is 0 Å². The van der Waals surface area contributed by atoms with Gasteiger partial charge in [-0.05, 0) is 73.1 Å². The maximum atomic E-state index is 12.9. The van der Waals surface area contributed by atoms with E-state index >= 15 is 0 Å². The molecule has 3 aromatic carbocycles. The Hall–Kier alpha value is -3.40. The zero-order valence-corrected chi connectivity index (χ0v) is 24.4. The average Bonchev–Trinajstić information content (AvgIpc) is 3.34. The Labute approximate surface area is 242 Å². The van der Waals surface area contributed by atoms with Crippen LogP contribution in [0.4, 0.5) is 4.79 Å². The Kier molecular flexibility index (Phi) is 7.65. The summed E-state index contributed by atoms with van der Waals surface area (Å²) in [6.45, 7) is 8.16. The van der Waals surface area contributed by atoms with Gasteiger partial charge in [-0.15, -0.1) is 0 Å². The van der Waals surface area contributed by atoms with Crippen molar-refractivity contribution in [3.63, 3.8) is 0 Å². The number of ether oxygens (including phenoxy) is 1. The molecule has 0 aromatic heterocycles. The van der Waals surface area contributed by atoms with Gasteiger partial charge in [0.2, 0.25) is 0 Å². The van der Waals surface area contributed by atoms with Crippen molar-refractivity contribution in [1.82, 2.24) is 5.32 Å². The predicted octanol–water partition coefficient (Wildman–Crippen LogP) is 6.70. The molecule has 0 saturated carbocycles. The monoisotopic (exact) mass is 603 g/mol. The van der Waals surface area contributed by atoms with Gasteiger partial charge < -0.3 is 24.5 Å². The third-order valence-corrected chi connectivity index (χ3v) is 8.61. The largest absolute Gasteiger partial charge is 0.492 e. The van der Waals surface area contributed by atoms with Crippen molar-refractivity contribution >= 4 is 41.2 Å². The molecule has 3 aromatic rings.